The van der Waals surface area contributed by atoms with Crippen molar-refractivity contribution in [1.82, 2.24) is 0 Å². The number of allylic oxidation sites excluding steroid dienone is 1. The number of ketones is 1. The quantitative estimate of drug-likeness (QED) is 0.263. The maximum absolute atomic E-state index is 13.4. The van der Waals surface area contributed by atoms with E-state index in [4.69, 9.17) is 18.9 Å². The van der Waals surface area contributed by atoms with Crippen LogP contribution >= 0.6 is 0 Å². The molecule has 0 heterocycles. The van der Waals surface area contributed by atoms with Gasteiger partial charge in [0.1, 0.15) is 24.1 Å². The van der Waals surface area contributed by atoms with Gasteiger partial charge in [0.15, 0.2) is 5.60 Å². The van der Waals surface area contributed by atoms with Crippen LogP contribution in [0.15, 0.2) is 54.1 Å². The van der Waals surface area contributed by atoms with Crippen molar-refractivity contribution in [1.29, 1.82) is 0 Å². The number of benzene rings is 1. The largest absolute Gasteiger partial charge is 0.458 e. The minimum absolute atomic E-state index is 0.0850. The van der Waals surface area contributed by atoms with Crippen molar-refractivity contribution in [2.45, 2.75) is 92.1 Å². The van der Waals surface area contributed by atoms with Crippen LogP contribution in [0.4, 0.5) is 0 Å². The van der Waals surface area contributed by atoms with Crippen molar-refractivity contribution in [2.75, 3.05) is 0 Å². The minimum Gasteiger partial charge on any atom is -0.458 e. The lowest BCUT2D eigenvalue weighted by atomic mass is 9.75. The first kappa shape index (κ1) is 32.8. The number of hydrogen-bond donors (Lipinski definition) is 0. The second-order valence-electron chi connectivity index (χ2n) is 12.1. The molecule has 9 heteroatoms. The first-order chi connectivity index (χ1) is 19.6. The summed E-state index contributed by atoms with van der Waals surface area (Å²) < 4.78 is 23.8. The van der Waals surface area contributed by atoms with Crippen molar-refractivity contribution >= 4 is 29.7 Å². The molecule has 1 aromatic rings. The summed E-state index contributed by atoms with van der Waals surface area (Å²) in [7, 11) is 0. The number of carbonyl (C=O) groups excluding carboxylic acids is 5. The zero-order valence-electron chi connectivity index (χ0n) is 25.7. The molecule has 1 saturated carbocycles. The van der Waals surface area contributed by atoms with E-state index in [0.717, 1.165) is 0 Å². The van der Waals surface area contributed by atoms with Gasteiger partial charge in [-0.05, 0) is 50.8 Å². The Kier molecular flexibility index (Phi) is 10.2. The van der Waals surface area contributed by atoms with Crippen molar-refractivity contribution in [3.8, 4) is 0 Å². The Hall–Kier alpha value is -3.75. The normalized spacial score (nSPS) is 33.0. The van der Waals surface area contributed by atoms with Crippen LogP contribution in [0.3, 0.4) is 0 Å². The lowest BCUT2D eigenvalue weighted by molar-refractivity contribution is -0.195. The van der Waals surface area contributed by atoms with Gasteiger partial charge in [-0.25, -0.2) is 4.79 Å². The highest BCUT2D eigenvalue weighted by Gasteiger charge is 2.62. The van der Waals surface area contributed by atoms with E-state index in [1.165, 1.54) is 20.8 Å². The van der Waals surface area contributed by atoms with E-state index in [0.29, 0.717) is 11.1 Å². The number of rotatable bonds is 5. The van der Waals surface area contributed by atoms with Gasteiger partial charge >= 0.3 is 23.9 Å². The van der Waals surface area contributed by atoms with Gasteiger partial charge < -0.3 is 18.9 Å². The summed E-state index contributed by atoms with van der Waals surface area (Å²) in [6.07, 6.45) is 2.67. The number of carbonyl (C=O) groups is 5. The van der Waals surface area contributed by atoms with Crippen molar-refractivity contribution in [3.05, 3.63) is 59.7 Å². The zero-order valence-corrected chi connectivity index (χ0v) is 25.7. The summed E-state index contributed by atoms with van der Waals surface area (Å²) >= 11 is 0. The highest BCUT2D eigenvalue weighted by Crippen LogP contribution is 2.51. The lowest BCUT2D eigenvalue weighted by Crippen LogP contribution is -2.55. The van der Waals surface area contributed by atoms with Gasteiger partial charge in [0.2, 0.25) is 0 Å². The standard InChI is InChI=1S/C33H42O9/c1-19-14-15-32(7,8)28(37)17-27(39-22(4)34)20(2)16-26-29(41-31(38)25-12-10-9-11-13-25)21(3)18-33(26,42-24(6)36)30(19)40-23(5)35/h9-16,19,21,26-27,29-30H,17-18H2,1-8H3/b15-14+,20-16+/t19-,21+,26+,27-,29+,30-,33-/m1/s1. The van der Waals surface area contributed by atoms with Crippen LogP contribution < -0.4 is 0 Å². The van der Waals surface area contributed by atoms with Gasteiger partial charge in [0.05, 0.1) is 11.5 Å². The van der Waals surface area contributed by atoms with Gasteiger partial charge in [-0.1, -0.05) is 50.3 Å². The van der Waals surface area contributed by atoms with Crippen LogP contribution in [0.1, 0.15) is 78.6 Å². The number of esters is 4. The molecule has 0 aromatic heterocycles. The fourth-order valence-electron chi connectivity index (χ4n) is 6.05. The zero-order chi connectivity index (χ0) is 31.4. The molecule has 0 bridgehead atoms. The molecule has 0 radical (unpaired) electrons. The summed E-state index contributed by atoms with van der Waals surface area (Å²) in [4.78, 5) is 64.0. The van der Waals surface area contributed by atoms with Crippen LogP contribution in [-0.2, 0) is 38.1 Å². The molecule has 228 valence electrons. The smallest absolute Gasteiger partial charge is 0.338 e. The van der Waals surface area contributed by atoms with Crippen LogP contribution in [0.2, 0.25) is 0 Å². The van der Waals surface area contributed by atoms with Crippen LogP contribution in [-0.4, -0.2) is 53.6 Å². The molecule has 0 spiro atoms. The minimum atomic E-state index is -1.45. The number of fused-ring (bicyclic) bond motifs is 1. The van der Waals surface area contributed by atoms with Gasteiger partial charge in [-0.3, -0.25) is 19.2 Å². The molecule has 2 aliphatic carbocycles. The van der Waals surface area contributed by atoms with Gasteiger partial charge in [-0.2, -0.15) is 0 Å². The molecule has 7 atom stereocenters. The molecule has 0 aliphatic heterocycles. The SMILES string of the molecule is CC(=O)O[C@@H]1[C@H](C)/C=C/C(C)(C)C(=O)C[C@@H](OC(C)=O)/C(C)=C/[C@H]2[C@@H](OC(=O)c3ccccc3)[C@@H](C)C[C@]12OC(C)=O. The summed E-state index contributed by atoms with van der Waals surface area (Å²) in [5.41, 5.74) is -1.51. The average molecular weight is 583 g/mol. The third-order valence-electron chi connectivity index (χ3n) is 8.12. The van der Waals surface area contributed by atoms with Gasteiger partial charge in [-0.15, -0.1) is 0 Å². The second kappa shape index (κ2) is 13.0. The molecule has 0 unspecified atom stereocenters. The molecule has 9 nitrogen and oxygen atoms in total. The summed E-state index contributed by atoms with van der Waals surface area (Å²) in [6.45, 7) is 12.8. The fraction of sp³-hybridized carbons (Fsp3) is 0.545. The molecule has 1 fully saturated rings. The Morgan fingerprint density at radius 2 is 1.50 bits per heavy atom. The molecule has 42 heavy (non-hydrogen) atoms. The van der Waals surface area contributed by atoms with Crippen LogP contribution in [0, 0.1) is 23.2 Å². The molecule has 3 rings (SSSR count). The Balaban J connectivity index is 2.29. The second-order valence-corrected chi connectivity index (χ2v) is 12.1. The molecular weight excluding hydrogens is 540 g/mol. The first-order valence-electron chi connectivity index (χ1n) is 14.3. The molecule has 1 aromatic carbocycles. The predicted octanol–water partition coefficient (Wildman–Crippen LogP) is 5.17. The monoisotopic (exact) mass is 582 g/mol. The average Bonchev–Trinajstić information content (AvgIpc) is 3.14. The maximum atomic E-state index is 13.4. The summed E-state index contributed by atoms with van der Waals surface area (Å²) in [6, 6.07) is 8.52. The van der Waals surface area contributed by atoms with E-state index in [-0.39, 0.29) is 24.5 Å². The molecule has 0 saturated heterocycles. The molecule has 2 aliphatic rings. The Labute approximate surface area is 247 Å². The highest BCUT2D eigenvalue weighted by molar-refractivity contribution is 5.89. The van der Waals surface area contributed by atoms with Crippen molar-refractivity contribution in [2.24, 2.45) is 23.2 Å². The number of Topliss-reactive ketones (excluding diaryl/α,β-unsaturated/α-hetero) is 1. The Morgan fingerprint density at radius 1 is 0.881 bits per heavy atom. The van der Waals surface area contributed by atoms with E-state index in [1.807, 2.05) is 13.8 Å². The fourth-order valence-corrected chi connectivity index (χ4v) is 6.05. The highest BCUT2D eigenvalue weighted by atomic mass is 16.6. The third kappa shape index (κ3) is 7.36. The maximum Gasteiger partial charge on any atom is 0.338 e. The lowest BCUT2D eigenvalue weighted by Gasteiger charge is -2.43. The summed E-state index contributed by atoms with van der Waals surface area (Å²) in [5.74, 6) is -4.12. The first-order valence-corrected chi connectivity index (χ1v) is 14.3. The summed E-state index contributed by atoms with van der Waals surface area (Å²) in [5, 5.41) is 0. The van der Waals surface area contributed by atoms with Crippen molar-refractivity contribution in [3.63, 3.8) is 0 Å². The van der Waals surface area contributed by atoms with Gasteiger partial charge in [0, 0.05) is 38.5 Å². The van der Waals surface area contributed by atoms with Gasteiger partial charge in [0.25, 0.3) is 0 Å². The molecular formula is C33H42O9. The van der Waals surface area contributed by atoms with Crippen LogP contribution in [0.5, 0.6) is 0 Å². The van der Waals surface area contributed by atoms with Crippen LogP contribution in [0.25, 0.3) is 0 Å². The van der Waals surface area contributed by atoms with Crippen molar-refractivity contribution < 1.29 is 42.9 Å². The Morgan fingerprint density at radius 3 is 2.07 bits per heavy atom. The molecule has 0 N–H and O–H groups in total. The number of ether oxygens (including phenoxy) is 4. The van der Waals surface area contributed by atoms with E-state index >= 15 is 0 Å². The predicted molar refractivity (Wildman–Crippen MR) is 154 cm³/mol. The van der Waals surface area contributed by atoms with E-state index in [9.17, 15) is 24.0 Å². The third-order valence-corrected chi connectivity index (χ3v) is 8.12. The topological polar surface area (TPSA) is 122 Å². The van der Waals surface area contributed by atoms with E-state index < -0.39 is 65.0 Å². The Bertz CT molecular complexity index is 1260. The molecule has 0 amide bonds. The van der Waals surface area contributed by atoms with E-state index in [1.54, 1.807) is 69.3 Å². The number of hydrogen-bond acceptors (Lipinski definition) is 9. The van der Waals surface area contributed by atoms with E-state index in [2.05, 4.69) is 0 Å².